The van der Waals surface area contributed by atoms with E-state index in [-0.39, 0.29) is 5.56 Å². The molecule has 0 saturated carbocycles. The van der Waals surface area contributed by atoms with Gasteiger partial charge < -0.3 is 9.67 Å². The molecule has 0 radical (unpaired) electrons. The third kappa shape index (κ3) is 2.25. The van der Waals surface area contributed by atoms with Gasteiger partial charge in [0.05, 0.1) is 5.56 Å². The third-order valence-corrected chi connectivity index (χ3v) is 2.64. The van der Waals surface area contributed by atoms with Crippen LogP contribution in [0.1, 0.15) is 23.7 Å². The highest BCUT2D eigenvalue weighted by Gasteiger charge is 2.13. The van der Waals surface area contributed by atoms with Gasteiger partial charge in [-0.2, -0.15) is 0 Å². The Balaban J connectivity index is 2.42. The molecular weight excluding hydrogens is 235 g/mol. The van der Waals surface area contributed by atoms with E-state index in [2.05, 4.69) is 4.98 Å². The number of aromatic nitrogens is 2. The van der Waals surface area contributed by atoms with Gasteiger partial charge in [0.15, 0.2) is 0 Å². The Kier molecular flexibility index (Phi) is 3.41. The minimum Gasteiger partial charge on any atom is -0.478 e. The van der Waals surface area contributed by atoms with Gasteiger partial charge in [-0.15, -0.1) is 0 Å². The van der Waals surface area contributed by atoms with Crippen LogP contribution in [0.25, 0.3) is 11.4 Å². The number of rotatable bonds is 4. The Morgan fingerprint density at radius 2 is 2.28 bits per heavy atom. The Hall–Kier alpha value is -2.17. The number of nitrogens with zero attached hydrogens (tertiary/aromatic N) is 2. The van der Waals surface area contributed by atoms with Gasteiger partial charge in [-0.05, 0) is 18.6 Å². The number of aryl methyl sites for hydroxylation is 1. The van der Waals surface area contributed by atoms with Crippen molar-refractivity contribution in [3.63, 3.8) is 0 Å². The van der Waals surface area contributed by atoms with Gasteiger partial charge in [0.2, 0.25) is 0 Å². The summed E-state index contributed by atoms with van der Waals surface area (Å²) in [5, 5.41) is 8.77. The maximum Gasteiger partial charge on any atom is 0.338 e. The topological polar surface area (TPSA) is 55.1 Å². The van der Waals surface area contributed by atoms with Crippen molar-refractivity contribution in [1.29, 1.82) is 0 Å². The second-order valence-corrected chi connectivity index (χ2v) is 3.94. The molecule has 0 saturated heterocycles. The Bertz CT molecular complexity index is 578. The molecule has 94 valence electrons. The largest absolute Gasteiger partial charge is 0.478 e. The molecule has 0 spiro atoms. The fraction of sp³-hybridized carbons (Fsp3) is 0.231. The number of imidazole rings is 1. The molecule has 0 unspecified atom stereocenters. The molecule has 2 aromatic rings. The summed E-state index contributed by atoms with van der Waals surface area (Å²) in [6.45, 7) is 2.83. The van der Waals surface area contributed by atoms with Gasteiger partial charge in [-0.1, -0.05) is 13.0 Å². The van der Waals surface area contributed by atoms with Crippen molar-refractivity contribution in [1.82, 2.24) is 9.55 Å². The summed E-state index contributed by atoms with van der Waals surface area (Å²) in [6, 6.07) is 4.04. The SMILES string of the molecule is CCCn1ccnc1-c1ccc(C(=O)O)c(F)c1. The van der Waals surface area contributed by atoms with E-state index in [4.69, 9.17) is 5.11 Å². The van der Waals surface area contributed by atoms with Crippen LogP contribution in [0.2, 0.25) is 0 Å². The average molecular weight is 248 g/mol. The predicted molar refractivity (Wildman–Crippen MR) is 64.9 cm³/mol. The first-order valence-corrected chi connectivity index (χ1v) is 5.68. The van der Waals surface area contributed by atoms with Crippen LogP contribution in [0.5, 0.6) is 0 Å². The van der Waals surface area contributed by atoms with E-state index < -0.39 is 11.8 Å². The van der Waals surface area contributed by atoms with Gasteiger partial charge in [0, 0.05) is 24.5 Å². The van der Waals surface area contributed by atoms with Crippen LogP contribution in [-0.2, 0) is 6.54 Å². The summed E-state index contributed by atoms with van der Waals surface area (Å²) >= 11 is 0. The van der Waals surface area contributed by atoms with Gasteiger partial charge >= 0.3 is 5.97 Å². The van der Waals surface area contributed by atoms with Crippen molar-refractivity contribution in [2.24, 2.45) is 0 Å². The molecule has 0 amide bonds. The molecule has 1 heterocycles. The minimum absolute atomic E-state index is 0.327. The first-order chi connectivity index (χ1) is 8.63. The van der Waals surface area contributed by atoms with E-state index in [0.29, 0.717) is 11.4 Å². The quantitative estimate of drug-likeness (QED) is 0.905. The van der Waals surface area contributed by atoms with E-state index in [1.807, 2.05) is 17.7 Å². The molecule has 5 heteroatoms. The first kappa shape index (κ1) is 12.3. The second kappa shape index (κ2) is 5.00. The van der Waals surface area contributed by atoms with Crippen LogP contribution in [0.3, 0.4) is 0 Å². The molecular formula is C13H13FN2O2. The Morgan fingerprint density at radius 1 is 1.50 bits per heavy atom. The number of halogens is 1. The zero-order valence-electron chi connectivity index (χ0n) is 9.93. The number of aromatic carboxylic acids is 1. The summed E-state index contributed by atoms with van der Waals surface area (Å²) in [5.74, 6) is -1.37. The summed E-state index contributed by atoms with van der Waals surface area (Å²) < 4.78 is 15.5. The lowest BCUT2D eigenvalue weighted by Crippen LogP contribution is -2.02. The lowest BCUT2D eigenvalue weighted by Gasteiger charge is -2.07. The highest BCUT2D eigenvalue weighted by Crippen LogP contribution is 2.21. The van der Waals surface area contributed by atoms with E-state index in [1.54, 1.807) is 12.3 Å². The summed E-state index contributed by atoms with van der Waals surface area (Å²) in [4.78, 5) is 14.9. The molecule has 1 N–H and O–H groups in total. The number of carboxylic acid groups (broad SMARTS) is 1. The number of carbonyl (C=O) groups is 1. The zero-order valence-corrected chi connectivity index (χ0v) is 9.93. The van der Waals surface area contributed by atoms with Crippen LogP contribution in [0.15, 0.2) is 30.6 Å². The molecule has 0 atom stereocenters. The fourth-order valence-electron chi connectivity index (χ4n) is 1.82. The number of hydrogen-bond acceptors (Lipinski definition) is 2. The molecule has 2 rings (SSSR count). The lowest BCUT2D eigenvalue weighted by atomic mass is 10.1. The van der Waals surface area contributed by atoms with Crippen LogP contribution in [-0.4, -0.2) is 20.6 Å². The zero-order chi connectivity index (χ0) is 13.1. The van der Waals surface area contributed by atoms with E-state index in [1.165, 1.54) is 12.1 Å². The van der Waals surface area contributed by atoms with Crippen LogP contribution < -0.4 is 0 Å². The lowest BCUT2D eigenvalue weighted by molar-refractivity contribution is 0.0692. The van der Waals surface area contributed by atoms with Gasteiger partial charge in [0.25, 0.3) is 0 Å². The van der Waals surface area contributed by atoms with Crippen molar-refractivity contribution < 1.29 is 14.3 Å². The van der Waals surface area contributed by atoms with Gasteiger partial charge in [0.1, 0.15) is 11.6 Å². The van der Waals surface area contributed by atoms with Crippen molar-refractivity contribution >= 4 is 5.97 Å². The standard InChI is InChI=1S/C13H13FN2O2/c1-2-6-16-7-5-15-12(16)9-3-4-10(13(17)18)11(14)8-9/h3-5,7-8H,2,6H2,1H3,(H,17,18). The van der Waals surface area contributed by atoms with Crippen LogP contribution in [0.4, 0.5) is 4.39 Å². The van der Waals surface area contributed by atoms with E-state index >= 15 is 0 Å². The predicted octanol–water partition coefficient (Wildman–Crippen LogP) is 2.80. The molecule has 0 fully saturated rings. The van der Waals surface area contributed by atoms with E-state index in [0.717, 1.165) is 13.0 Å². The van der Waals surface area contributed by atoms with Crippen molar-refractivity contribution in [2.45, 2.75) is 19.9 Å². The normalized spacial score (nSPS) is 10.6. The Labute approximate surface area is 104 Å². The minimum atomic E-state index is -1.27. The third-order valence-electron chi connectivity index (χ3n) is 2.64. The molecule has 0 aliphatic heterocycles. The molecule has 18 heavy (non-hydrogen) atoms. The number of benzene rings is 1. The molecule has 0 bridgehead atoms. The first-order valence-electron chi connectivity index (χ1n) is 5.68. The highest BCUT2D eigenvalue weighted by atomic mass is 19.1. The van der Waals surface area contributed by atoms with Gasteiger partial charge in [-0.3, -0.25) is 0 Å². The molecule has 1 aromatic heterocycles. The maximum atomic E-state index is 13.6. The average Bonchev–Trinajstić information content (AvgIpc) is 2.77. The van der Waals surface area contributed by atoms with Crippen LogP contribution >= 0.6 is 0 Å². The van der Waals surface area contributed by atoms with Crippen molar-refractivity contribution in [3.8, 4) is 11.4 Å². The molecule has 4 nitrogen and oxygen atoms in total. The highest BCUT2D eigenvalue weighted by molar-refractivity contribution is 5.88. The Morgan fingerprint density at radius 3 is 2.89 bits per heavy atom. The number of hydrogen-bond donors (Lipinski definition) is 1. The molecule has 0 aliphatic rings. The summed E-state index contributed by atoms with van der Waals surface area (Å²) in [7, 11) is 0. The van der Waals surface area contributed by atoms with Crippen molar-refractivity contribution in [3.05, 3.63) is 42.0 Å². The molecule has 1 aromatic carbocycles. The second-order valence-electron chi connectivity index (χ2n) is 3.94. The monoisotopic (exact) mass is 248 g/mol. The molecule has 0 aliphatic carbocycles. The summed E-state index contributed by atoms with van der Waals surface area (Å²) in [5.41, 5.74) is 0.253. The van der Waals surface area contributed by atoms with Crippen molar-refractivity contribution in [2.75, 3.05) is 0 Å². The smallest absolute Gasteiger partial charge is 0.338 e. The maximum absolute atomic E-state index is 13.6. The van der Waals surface area contributed by atoms with E-state index in [9.17, 15) is 9.18 Å². The van der Waals surface area contributed by atoms with Crippen LogP contribution in [0, 0.1) is 5.82 Å². The summed E-state index contributed by atoms with van der Waals surface area (Å²) in [6.07, 6.45) is 4.41. The number of carboxylic acids is 1. The fourth-order valence-corrected chi connectivity index (χ4v) is 1.82. The van der Waals surface area contributed by atoms with Gasteiger partial charge in [-0.25, -0.2) is 14.2 Å².